The molecule has 2 N–H and O–H groups in total. The van der Waals surface area contributed by atoms with Crippen LogP contribution in [0.1, 0.15) is 20.7 Å². The summed E-state index contributed by atoms with van der Waals surface area (Å²) in [6, 6.07) is 27.6. The Morgan fingerprint density at radius 3 is 2.29 bits per heavy atom. The van der Waals surface area contributed by atoms with Gasteiger partial charge in [-0.25, -0.2) is 9.78 Å². The number of anilines is 2. The quantitative estimate of drug-likeness (QED) is 0.343. The van der Waals surface area contributed by atoms with E-state index < -0.39 is 11.5 Å². The minimum Gasteiger partial charge on any atom is -0.422 e. The van der Waals surface area contributed by atoms with E-state index in [9.17, 15) is 14.4 Å². The van der Waals surface area contributed by atoms with E-state index in [0.29, 0.717) is 39.3 Å². The minimum atomic E-state index is -0.450. The molecule has 7 nitrogen and oxygen atoms in total. The van der Waals surface area contributed by atoms with Crippen LogP contribution in [0.5, 0.6) is 0 Å². The van der Waals surface area contributed by atoms with Crippen LogP contribution >= 0.6 is 0 Å². The second kappa shape index (κ2) is 9.44. The van der Waals surface area contributed by atoms with E-state index in [2.05, 4.69) is 15.6 Å². The van der Waals surface area contributed by atoms with Gasteiger partial charge in [0, 0.05) is 17.1 Å². The van der Waals surface area contributed by atoms with Gasteiger partial charge >= 0.3 is 5.63 Å². The smallest absolute Gasteiger partial charge is 0.344 e. The molecule has 0 aliphatic carbocycles. The Balaban J connectivity index is 1.36. The highest BCUT2D eigenvalue weighted by atomic mass is 16.4. The Labute approximate surface area is 200 Å². The van der Waals surface area contributed by atoms with Gasteiger partial charge in [-0.3, -0.25) is 9.59 Å². The highest BCUT2D eigenvalue weighted by Gasteiger charge is 2.15. The van der Waals surface area contributed by atoms with Crippen LogP contribution in [0.25, 0.3) is 22.1 Å². The Morgan fingerprint density at radius 2 is 1.49 bits per heavy atom. The number of nitrogens with one attached hydrogen (secondary N) is 2. The first-order valence-corrected chi connectivity index (χ1v) is 10.8. The number of carbonyl (C=O) groups is 2. The molecule has 0 atom stereocenters. The molecular formula is C28H19N3O4. The molecule has 170 valence electrons. The zero-order valence-electron chi connectivity index (χ0n) is 18.4. The zero-order chi connectivity index (χ0) is 24.2. The van der Waals surface area contributed by atoms with E-state index in [1.807, 2.05) is 12.1 Å². The molecular weight excluding hydrogens is 442 g/mol. The molecule has 0 fully saturated rings. The fourth-order valence-corrected chi connectivity index (χ4v) is 3.67. The van der Waals surface area contributed by atoms with Crippen molar-refractivity contribution in [2.24, 2.45) is 0 Å². The van der Waals surface area contributed by atoms with Crippen molar-refractivity contribution in [1.29, 1.82) is 0 Å². The lowest BCUT2D eigenvalue weighted by Crippen LogP contribution is -2.18. The van der Waals surface area contributed by atoms with Gasteiger partial charge in [0.05, 0.1) is 16.8 Å². The normalized spacial score (nSPS) is 10.6. The van der Waals surface area contributed by atoms with Gasteiger partial charge in [0.25, 0.3) is 11.8 Å². The van der Waals surface area contributed by atoms with Crippen LogP contribution in [-0.4, -0.2) is 16.8 Å². The molecule has 0 bridgehead atoms. The third-order valence-electron chi connectivity index (χ3n) is 5.43. The van der Waals surface area contributed by atoms with Gasteiger partial charge in [-0.15, -0.1) is 0 Å². The number of rotatable bonds is 5. The van der Waals surface area contributed by atoms with Crippen molar-refractivity contribution in [3.05, 3.63) is 125 Å². The maximum atomic E-state index is 12.9. The van der Waals surface area contributed by atoms with Gasteiger partial charge in [-0.1, -0.05) is 48.5 Å². The summed E-state index contributed by atoms with van der Waals surface area (Å²) in [4.78, 5) is 42.2. The Kier molecular flexibility index (Phi) is 5.88. The van der Waals surface area contributed by atoms with Crippen LogP contribution in [0.2, 0.25) is 0 Å². The van der Waals surface area contributed by atoms with Gasteiger partial charge in [0.2, 0.25) is 0 Å². The number of carbonyl (C=O) groups excluding carboxylic acids is 2. The van der Waals surface area contributed by atoms with E-state index >= 15 is 0 Å². The van der Waals surface area contributed by atoms with E-state index in [1.165, 1.54) is 0 Å². The van der Waals surface area contributed by atoms with E-state index in [-0.39, 0.29) is 5.91 Å². The zero-order valence-corrected chi connectivity index (χ0v) is 18.4. The van der Waals surface area contributed by atoms with Crippen LogP contribution in [0.3, 0.4) is 0 Å². The molecule has 2 amide bonds. The molecule has 5 aromatic rings. The van der Waals surface area contributed by atoms with Gasteiger partial charge in [-0.2, -0.15) is 0 Å². The third-order valence-corrected chi connectivity index (χ3v) is 5.43. The molecule has 0 saturated carbocycles. The fourth-order valence-electron chi connectivity index (χ4n) is 3.67. The second-order valence-electron chi connectivity index (χ2n) is 7.73. The van der Waals surface area contributed by atoms with Gasteiger partial charge < -0.3 is 15.1 Å². The number of hydrogen-bond acceptors (Lipinski definition) is 5. The van der Waals surface area contributed by atoms with Crippen molar-refractivity contribution in [2.75, 3.05) is 10.6 Å². The molecule has 5 rings (SSSR count). The van der Waals surface area contributed by atoms with E-state index in [0.717, 1.165) is 5.39 Å². The summed E-state index contributed by atoms with van der Waals surface area (Å²) >= 11 is 0. The molecule has 2 aromatic heterocycles. The molecule has 0 aliphatic rings. The summed E-state index contributed by atoms with van der Waals surface area (Å²) in [6.45, 7) is 0. The average Bonchev–Trinajstić information content (AvgIpc) is 2.89. The molecule has 3 aromatic carbocycles. The summed E-state index contributed by atoms with van der Waals surface area (Å²) in [5.41, 5.74) is 2.15. The van der Waals surface area contributed by atoms with Crippen LogP contribution < -0.4 is 16.3 Å². The van der Waals surface area contributed by atoms with E-state index in [1.54, 1.807) is 91.1 Å². The Bertz CT molecular complexity index is 1590. The number of nitrogens with zero attached hydrogens (tertiary/aromatic N) is 1. The number of amides is 2. The number of pyridine rings is 1. The summed E-state index contributed by atoms with van der Waals surface area (Å²) in [5.74, 6) is -0.370. The van der Waals surface area contributed by atoms with Crippen LogP contribution in [0.15, 0.2) is 112 Å². The molecule has 7 heteroatoms. The lowest BCUT2D eigenvalue weighted by Gasteiger charge is -2.11. The van der Waals surface area contributed by atoms with Crippen molar-refractivity contribution >= 4 is 34.3 Å². The maximum absolute atomic E-state index is 12.9. The topological polar surface area (TPSA) is 101 Å². The number of aromatic nitrogens is 1. The SMILES string of the molecule is O=C(Nc1ccccc1C(=O)Nc1ccccn1)c1ccc(-c2cc3ccccc3oc2=O)cc1. The van der Waals surface area contributed by atoms with E-state index in [4.69, 9.17) is 4.42 Å². The minimum absolute atomic E-state index is 0.303. The molecule has 0 aliphatic heterocycles. The lowest BCUT2D eigenvalue weighted by atomic mass is 10.0. The summed E-state index contributed by atoms with van der Waals surface area (Å²) in [6.07, 6.45) is 1.58. The Morgan fingerprint density at radius 1 is 0.743 bits per heavy atom. The summed E-state index contributed by atoms with van der Waals surface area (Å²) in [5, 5.41) is 6.31. The first-order valence-electron chi connectivity index (χ1n) is 10.8. The van der Waals surface area contributed by atoms with Crippen molar-refractivity contribution < 1.29 is 14.0 Å². The van der Waals surface area contributed by atoms with Crippen LogP contribution in [0, 0.1) is 0 Å². The molecule has 2 heterocycles. The monoisotopic (exact) mass is 461 g/mol. The highest BCUT2D eigenvalue weighted by molar-refractivity contribution is 6.12. The number of fused-ring (bicyclic) bond motifs is 1. The summed E-state index contributed by atoms with van der Waals surface area (Å²) < 4.78 is 5.40. The van der Waals surface area contributed by atoms with Gasteiger partial charge in [-0.05, 0) is 54.1 Å². The number of benzene rings is 3. The predicted molar refractivity (Wildman–Crippen MR) is 135 cm³/mol. The largest absolute Gasteiger partial charge is 0.422 e. The molecule has 0 unspecified atom stereocenters. The van der Waals surface area contributed by atoms with Crippen molar-refractivity contribution in [2.45, 2.75) is 0 Å². The molecule has 0 saturated heterocycles. The molecule has 35 heavy (non-hydrogen) atoms. The molecule has 0 radical (unpaired) electrons. The maximum Gasteiger partial charge on any atom is 0.344 e. The standard InChI is InChI=1S/C28H19N3O4/c32-26(30-23-9-3-2-8-21(23)27(33)31-25-11-5-6-16-29-25)19-14-12-18(13-15-19)22-17-20-7-1-4-10-24(20)35-28(22)34/h1-17H,(H,30,32)(H,29,31,33). The first-order chi connectivity index (χ1) is 17.1. The average molecular weight is 461 g/mol. The van der Waals surface area contributed by atoms with Crippen LogP contribution in [0.4, 0.5) is 11.5 Å². The number of hydrogen-bond donors (Lipinski definition) is 2. The van der Waals surface area contributed by atoms with Gasteiger partial charge in [0.15, 0.2) is 0 Å². The van der Waals surface area contributed by atoms with Crippen molar-refractivity contribution in [3.63, 3.8) is 0 Å². The summed E-state index contributed by atoms with van der Waals surface area (Å²) in [7, 11) is 0. The predicted octanol–water partition coefficient (Wildman–Crippen LogP) is 5.36. The first kappa shape index (κ1) is 21.8. The third kappa shape index (κ3) is 4.69. The van der Waals surface area contributed by atoms with Crippen LogP contribution in [-0.2, 0) is 0 Å². The number of para-hydroxylation sites is 2. The fraction of sp³-hybridized carbons (Fsp3) is 0. The van der Waals surface area contributed by atoms with Crippen molar-refractivity contribution in [1.82, 2.24) is 4.98 Å². The lowest BCUT2D eigenvalue weighted by molar-refractivity contribution is 0.102. The Hall–Kier alpha value is -5.04. The molecule has 0 spiro atoms. The van der Waals surface area contributed by atoms with Crippen molar-refractivity contribution in [3.8, 4) is 11.1 Å². The van der Waals surface area contributed by atoms with Gasteiger partial charge in [0.1, 0.15) is 11.4 Å². The highest BCUT2D eigenvalue weighted by Crippen LogP contribution is 2.22. The second-order valence-corrected chi connectivity index (χ2v) is 7.73.